The van der Waals surface area contributed by atoms with Crippen LogP contribution in [0.1, 0.15) is 5.56 Å². The molecule has 0 saturated heterocycles. The van der Waals surface area contributed by atoms with Crippen molar-refractivity contribution in [3.05, 3.63) is 66.6 Å². The average molecular weight is 260 g/mol. The van der Waals surface area contributed by atoms with Gasteiger partial charge in [-0.15, -0.1) is 0 Å². The van der Waals surface area contributed by atoms with Gasteiger partial charge in [-0.3, -0.25) is 0 Å². The summed E-state index contributed by atoms with van der Waals surface area (Å²) >= 11 is 0. The number of hydrogen-bond donors (Lipinski definition) is 0. The van der Waals surface area contributed by atoms with Crippen LogP contribution >= 0.6 is 0 Å². The Bertz CT molecular complexity index is 450. The smallest absolute Gasteiger partial charge is 0.744 e. The van der Waals surface area contributed by atoms with E-state index in [4.69, 9.17) is 0 Å². The van der Waals surface area contributed by atoms with Gasteiger partial charge in [-0.25, -0.2) is 8.42 Å². The second-order valence-corrected chi connectivity index (χ2v) is 3.93. The molecule has 0 aromatic heterocycles. The van der Waals surface area contributed by atoms with Crippen molar-refractivity contribution in [2.75, 3.05) is 0 Å². The molecule has 1 aromatic carbocycles. The van der Waals surface area contributed by atoms with Crippen molar-refractivity contribution in [1.82, 2.24) is 0 Å². The normalized spacial score (nSPS) is 9.71. The summed E-state index contributed by atoms with van der Waals surface area (Å²) in [6.45, 7) is 6.80. The van der Waals surface area contributed by atoms with Crippen LogP contribution in [0, 0.1) is 0 Å². The van der Waals surface area contributed by atoms with Crippen LogP contribution in [0.5, 0.6) is 0 Å². The van der Waals surface area contributed by atoms with Gasteiger partial charge in [0.2, 0.25) is 0 Å². The van der Waals surface area contributed by atoms with Crippen molar-refractivity contribution in [3.63, 3.8) is 0 Å². The zero-order chi connectivity index (χ0) is 12.4. The summed E-state index contributed by atoms with van der Waals surface area (Å²) in [6.07, 6.45) is 4.12. The Morgan fingerprint density at radius 1 is 1.12 bits per heavy atom. The first kappa shape index (κ1) is 18.7. The fraction of sp³-hybridized carbons (Fsp3) is 0. The van der Waals surface area contributed by atoms with Crippen molar-refractivity contribution in [1.29, 1.82) is 0 Å². The minimum Gasteiger partial charge on any atom is -0.744 e. The zero-order valence-electron chi connectivity index (χ0n) is 9.74. The molecule has 86 valence electrons. The largest absolute Gasteiger partial charge is 1.00 e. The van der Waals surface area contributed by atoms with Crippen LogP contribution in [-0.2, 0) is 10.1 Å². The molecule has 0 spiro atoms. The van der Waals surface area contributed by atoms with Crippen LogP contribution in [0.2, 0.25) is 0 Å². The van der Waals surface area contributed by atoms with Gasteiger partial charge in [0.15, 0.2) is 0 Å². The molecule has 0 radical (unpaired) electrons. The van der Waals surface area contributed by atoms with Crippen LogP contribution in [0.15, 0.2) is 61.0 Å². The molecule has 0 atom stereocenters. The fourth-order valence-electron chi connectivity index (χ4n) is 0.741. The zero-order valence-corrected chi connectivity index (χ0v) is 12.6. The van der Waals surface area contributed by atoms with E-state index in [1.807, 2.05) is 36.4 Å². The Morgan fingerprint density at radius 3 is 1.88 bits per heavy atom. The van der Waals surface area contributed by atoms with Crippen molar-refractivity contribution < 1.29 is 42.5 Å². The molecule has 0 fully saturated rings. The first-order chi connectivity index (χ1) is 7.49. The standard InChI is InChI=1S/C8H8.C4H6O3S.Na/c1-2-8-6-4-3-5-7-8;1-2-3-4-8(5,6)7;/h2-7H,1H2;2-4H,1H2,(H,5,6,7);/q;;+1/p-1. The van der Waals surface area contributed by atoms with E-state index in [2.05, 4.69) is 13.2 Å². The van der Waals surface area contributed by atoms with E-state index in [1.165, 1.54) is 11.6 Å². The van der Waals surface area contributed by atoms with Crippen LogP contribution < -0.4 is 29.6 Å². The predicted octanol–water partition coefficient (Wildman–Crippen LogP) is -0.435. The minimum atomic E-state index is -4.19. The monoisotopic (exact) mass is 260 g/mol. The maximum Gasteiger partial charge on any atom is 1.00 e. The van der Waals surface area contributed by atoms with Crippen molar-refractivity contribution >= 4 is 16.2 Å². The minimum absolute atomic E-state index is 0. The van der Waals surface area contributed by atoms with Gasteiger partial charge in [-0.1, -0.05) is 61.7 Å². The molecule has 0 bridgehead atoms. The summed E-state index contributed by atoms with van der Waals surface area (Å²) in [4.78, 5) is 0. The third kappa shape index (κ3) is 13.3. The molecule has 17 heavy (non-hydrogen) atoms. The van der Waals surface area contributed by atoms with Gasteiger partial charge in [0.05, 0.1) is 0 Å². The molecule has 0 aliphatic heterocycles. The quantitative estimate of drug-likeness (QED) is 0.421. The van der Waals surface area contributed by atoms with Crippen LogP contribution in [0.3, 0.4) is 0 Å². The van der Waals surface area contributed by atoms with Crippen LogP contribution in [-0.4, -0.2) is 13.0 Å². The van der Waals surface area contributed by atoms with Crippen molar-refractivity contribution in [3.8, 4) is 0 Å². The second-order valence-electron chi connectivity index (χ2n) is 2.67. The summed E-state index contributed by atoms with van der Waals surface area (Å²) in [5.74, 6) is 0. The van der Waals surface area contributed by atoms with Gasteiger partial charge in [0.25, 0.3) is 0 Å². The van der Waals surface area contributed by atoms with Gasteiger partial charge in [0.1, 0.15) is 10.1 Å². The molecule has 0 aliphatic rings. The average Bonchev–Trinajstić information content (AvgIpc) is 2.27. The molecule has 0 N–H and O–H groups in total. The predicted molar refractivity (Wildman–Crippen MR) is 65.6 cm³/mol. The number of benzene rings is 1. The molecule has 0 saturated carbocycles. The van der Waals surface area contributed by atoms with E-state index < -0.39 is 10.1 Å². The molecule has 5 heteroatoms. The SMILES string of the molecule is C=CC=CS(=O)(=O)[O-].C=Cc1ccccc1.[Na+]. The molecule has 0 amide bonds. The summed E-state index contributed by atoms with van der Waals surface area (Å²) < 4.78 is 29.1. The summed E-state index contributed by atoms with van der Waals surface area (Å²) in [6, 6.07) is 10.0. The molecule has 1 rings (SSSR count). The van der Waals surface area contributed by atoms with Gasteiger partial charge in [-0.2, -0.15) is 0 Å². The maximum absolute atomic E-state index is 9.70. The summed E-state index contributed by atoms with van der Waals surface area (Å²) in [5, 5.41) is 0.542. The fourth-order valence-corrected chi connectivity index (χ4v) is 1.04. The van der Waals surface area contributed by atoms with Gasteiger partial charge >= 0.3 is 29.6 Å². The summed E-state index contributed by atoms with van der Waals surface area (Å²) in [7, 11) is -4.19. The third-order valence-corrected chi connectivity index (χ3v) is 1.91. The maximum atomic E-state index is 9.70. The number of allylic oxidation sites excluding steroid dienone is 2. The molecule has 0 unspecified atom stereocenters. The molecule has 0 aliphatic carbocycles. The Balaban J connectivity index is 0. The Morgan fingerprint density at radius 2 is 1.65 bits per heavy atom. The summed E-state index contributed by atoms with van der Waals surface area (Å²) in [5.41, 5.74) is 1.17. The van der Waals surface area contributed by atoms with E-state index in [0.717, 1.165) is 6.08 Å². The van der Waals surface area contributed by atoms with Crippen LogP contribution in [0.4, 0.5) is 0 Å². The second kappa shape index (κ2) is 10.5. The first-order valence-electron chi connectivity index (χ1n) is 4.42. The molecule has 3 nitrogen and oxygen atoms in total. The van der Waals surface area contributed by atoms with E-state index in [1.54, 1.807) is 0 Å². The van der Waals surface area contributed by atoms with E-state index in [9.17, 15) is 13.0 Å². The Labute approximate surface area is 125 Å². The van der Waals surface area contributed by atoms with Crippen LogP contribution in [0.25, 0.3) is 6.08 Å². The van der Waals surface area contributed by atoms with Crippen molar-refractivity contribution in [2.24, 2.45) is 0 Å². The number of rotatable bonds is 3. The topological polar surface area (TPSA) is 57.2 Å². The first-order valence-corrected chi connectivity index (χ1v) is 5.89. The van der Waals surface area contributed by atoms with Crippen molar-refractivity contribution in [2.45, 2.75) is 0 Å². The van der Waals surface area contributed by atoms with E-state index >= 15 is 0 Å². The molecular weight excluding hydrogens is 247 g/mol. The third-order valence-electron chi connectivity index (χ3n) is 1.42. The van der Waals surface area contributed by atoms with E-state index in [-0.39, 0.29) is 29.6 Å². The molecule has 0 heterocycles. The number of hydrogen-bond acceptors (Lipinski definition) is 3. The van der Waals surface area contributed by atoms with Gasteiger partial charge < -0.3 is 4.55 Å². The molecular formula is C12H13NaO3S. The van der Waals surface area contributed by atoms with Gasteiger partial charge in [-0.05, 0) is 5.56 Å². The van der Waals surface area contributed by atoms with Gasteiger partial charge in [0, 0.05) is 5.41 Å². The molecule has 1 aromatic rings. The Hall–Kier alpha value is -0.650. The van der Waals surface area contributed by atoms with E-state index in [0.29, 0.717) is 5.41 Å². The Kier molecular flexibility index (Phi) is 11.6.